The number of amides is 2. The molecule has 2 amide bonds. The van der Waals surface area contributed by atoms with Gasteiger partial charge in [0.15, 0.2) is 0 Å². The lowest BCUT2D eigenvalue weighted by atomic mass is 9.79. The molecule has 0 saturated heterocycles. The molecule has 0 spiro atoms. The van der Waals surface area contributed by atoms with E-state index in [1.54, 1.807) is 30.3 Å². The van der Waals surface area contributed by atoms with Crippen LogP contribution in [-0.2, 0) is 19.8 Å². The van der Waals surface area contributed by atoms with E-state index in [9.17, 15) is 24.6 Å². The highest BCUT2D eigenvalue weighted by molar-refractivity contribution is 5.89. The predicted octanol–water partition coefficient (Wildman–Crippen LogP) is -0.619. The zero-order chi connectivity index (χ0) is 16.0. The Morgan fingerprint density at radius 2 is 1.86 bits per heavy atom. The molecule has 21 heavy (non-hydrogen) atoms. The van der Waals surface area contributed by atoms with Gasteiger partial charge in [-0.3, -0.25) is 14.4 Å². The van der Waals surface area contributed by atoms with Gasteiger partial charge in [-0.15, -0.1) is 0 Å². The number of aliphatic hydroxyl groups is 1. The van der Waals surface area contributed by atoms with Gasteiger partial charge in [0.25, 0.3) is 0 Å². The molecule has 0 fully saturated rings. The number of aliphatic hydroxyl groups excluding tert-OH is 1. The number of aliphatic carboxylic acids is 1. The molecule has 0 aliphatic rings. The highest BCUT2D eigenvalue weighted by Gasteiger charge is 2.37. The van der Waals surface area contributed by atoms with Gasteiger partial charge in [0.2, 0.25) is 11.8 Å². The Morgan fingerprint density at radius 3 is 2.33 bits per heavy atom. The molecular formula is C14H18N2O5. The lowest BCUT2D eigenvalue weighted by molar-refractivity contribution is -0.145. The lowest BCUT2D eigenvalue weighted by Gasteiger charge is -2.25. The minimum atomic E-state index is -1.50. The number of hydrogen-bond donors (Lipinski definition) is 4. The number of primary amides is 1. The highest BCUT2D eigenvalue weighted by atomic mass is 16.4. The summed E-state index contributed by atoms with van der Waals surface area (Å²) < 4.78 is 0. The van der Waals surface area contributed by atoms with Crippen molar-refractivity contribution in [3.63, 3.8) is 0 Å². The first kappa shape index (κ1) is 16.6. The zero-order valence-electron chi connectivity index (χ0n) is 11.6. The number of hydrogen-bond acceptors (Lipinski definition) is 4. The topological polar surface area (TPSA) is 130 Å². The standard InChI is InChI=1S/C14H18N2O5/c1-14(13(20)21,9-5-3-2-4-6-9)7-11(18)16-8-10(17)12(15)19/h2-6,10,17H,7-8H2,1H3,(H2,15,19)(H,16,18)(H,20,21). The molecule has 7 heteroatoms. The number of benzene rings is 1. The summed E-state index contributed by atoms with van der Waals surface area (Å²) >= 11 is 0. The van der Waals surface area contributed by atoms with E-state index in [0.29, 0.717) is 5.56 Å². The minimum Gasteiger partial charge on any atom is -0.481 e. The number of nitrogens with one attached hydrogen (secondary N) is 1. The van der Waals surface area contributed by atoms with E-state index >= 15 is 0 Å². The van der Waals surface area contributed by atoms with Crippen molar-refractivity contribution in [3.8, 4) is 0 Å². The number of carbonyl (C=O) groups excluding carboxylic acids is 2. The van der Waals surface area contributed by atoms with Crippen molar-refractivity contribution >= 4 is 17.8 Å². The van der Waals surface area contributed by atoms with Gasteiger partial charge in [0.05, 0.1) is 12.0 Å². The van der Waals surface area contributed by atoms with Crippen molar-refractivity contribution in [3.05, 3.63) is 35.9 Å². The van der Waals surface area contributed by atoms with Crippen LogP contribution in [0.25, 0.3) is 0 Å². The van der Waals surface area contributed by atoms with Gasteiger partial charge >= 0.3 is 5.97 Å². The first-order valence-electron chi connectivity index (χ1n) is 6.30. The second-order valence-corrected chi connectivity index (χ2v) is 4.90. The van der Waals surface area contributed by atoms with Crippen LogP contribution >= 0.6 is 0 Å². The second kappa shape index (κ2) is 6.85. The van der Waals surface area contributed by atoms with Crippen LogP contribution in [0.5, 0.6) is 0 Å². The van der Waals surface area contributed by atoms with Gasteiger partial charge < -0.3 is 21.3 Å². The molecular weight excluding hydrogens is 276 g/mol. The lowest BCUT2D eigenvalue weighted by Crippen LogP contribution is -2.43. The third kappa shape index (κ3) is 4.28. The van der Waals surface area contributed by atoms with Crippen molar-refractivity contribution < 1.29 is 24.6 Å². The van der Waals surface area contributed by atoms with Crippen molar-refractivity contribution in [1.82, 2.24) is 5.32 Å². The van der Waals surface area contributed by atoms with Crippen LogP contribution in [-0.4, -0.2) is 40.6 Å². The van der Waals surface area contributed by atoms with E-state index in [4.69, 9.17) is 5.73 Å². The third-order valence-corrected chi connectivity index (χ3v) is 3.22. The van der Waals surface area contributed by atoms with Gasteiger partial charge in [0, 0.05) is 6.42 Å². The average molecular weight is 294 g/mol. The maximum Gasteiger partial charge on any atom is 0.314 e. The Bertz CT molecular complexity index is 531. The molecule has 0 saturated carbocycles. The molecule has 0 aliphatic heterocycles. The molecule has 1 rings (SSSR count). The van der Waals surface area contributed by atoms with E-state index in [0.717, 1.165) is 0 Å². The zero-order valence-corrected chi connectivity index (χ0v) is 11.6. The third-order valence-electron chi connectivity index (χ3n) is 3.22. The fourth-order valence-corrected chi connectivity index (χ4v) is 1.80. The molecule has 0 radical (unpaired) electrons. The summed E-state index contributed by atoms with van der Waals surface area (Å²) in [5.74, 6) is -2.69. The molecule has 1 aromatic rings. The van der Waals surface area contributed by atoms with Crippen LogP contribution < -0.4 is 11.1 Å². The SMILES string of the molecule is CC(CC(=O)NCC(O)C(N)=O)(C(=O)O)c1ccccc1. The van der Waals surface area contributed by atoms with Crippen LogP contribution in [0, 0.1) is 0 Å². The Kier molecular flexibility index (Phi) is 5.43. The Morgan fingerprint density at radius 1 is 1.29 bits per heavy atom. The van der Waals surface area contributed by atoms with E-state index in [-0.39, 0.29) is 13.0 Å². The van der Waals surface area contributed by atoms with Crippen molar-refractivity contribution in [1.29, 1.82) is 0 Å². The quantitative estimate of drug-likeness (QED) is 0.532. The second-order valence-electron chi connectivity index (χ2n) is 4.90. The van der Waals surface area contributed by atoms with Crippen LogP contribution in [0.4, 0.5) is 0 Å². The summed E-state index contributed by atoms with van der Waals surface area (Å²) in [7, 11) is 0. The first-order valence-corrected chi connectivity index (χ1v) is 6.30. The van der Waals surface area contributed by atoms with Crippen LogP contribution in [0.2, 0.25) is 0 Å². The maximum atomic E-state index is 11.8. The first-order chi connectivity index (χ1) is 9.77. The Labute approximate surface area is 121 Å². The summed E-state index contributed by atoms with van der Waals surface area (Å²) in [5, 5.41) is 20.9. The van der Waals surface area contributed by atoms with E-state index in [1.807, 2.05) is 0 Å². The molecule has 2 unspecified atom stereocenters. The molecule has 114 valence electrons. The molecule has 0 aromatic heterocycles. The highest BCUT2D eigenvalue weighted by Crippen LogP contribution is 2.27. The number of carboxylic acid groups (broad SMARTS) is 1. The smallest absolute Gasteiger partial charge is 0.314 e. The van der Waals surface area contributed by atoms with Crippen LogP contribution in [0.1, 0.15) is 18.9 Å². The van der Waals surface area contributed by atoms with Gasteiger partial charge in [0.1, 0.15) is 6.10 Å². The van der Waals surface area contributed by atoms with Gasteiger partial charge in [-0.2, -0.15) is 0 Å². The minimum absolute atomic E-state index is 0.322. The van der Waals surface area contributed by atoms with E-state index in [1.165, 1.54) is 6.92 Å². The van der Waals surface area contributed by atoms with Crippen LogP contribution in [0.3, 0.4) is 0 Å². The molecule has 5 N–H and O–H groups in total. The largest absolute Gasteiger partial charge is 0.481 e. The van der Waals surface area contributed by atoms with Crippen molar-refractivity contribution in [2.45, 2.75) is 24.9 Å². The number of carbonyl (C=O) groups is 3. The molecule has 2 atom stereocenters. The fraction of sp³-hybridized carbons (Fsp3) is 0.357. The van der Waals surface area contributed by atoms with E-state index in [2.05, 4.69) is 5.32 Å². The number of carboxylic acids is 1. The maximum absolute atomic E-state index is 11.8. The molecule has 1 aromatic carbocycles. The normalized spacial score (nSPS) is 14.8. The molecule has 7 nitrogen and oxygen atoms in total. The average Bonchev–Trinajstić information content (AvgIpc) is 2.45. The van der Waals surface area contributed by atoms with Crippen molar-refractivity contribution in [2.75, 3.05) is 6.54 Å². The number of nitrogens with two attached hydrogens (primary N) is 1. The monoisotopic (exact) mass is 294 g/mol. The Balaban J connectivity index is 2.78. The summed E-state index contributed by atoms with van der Waals surface area (Å²) in [4.78, 5) is 34.0. The summed E-state index contributed by atoms with van der Waals surface area (Å²) in [5.41, 5.74) is 3.94. The Hall–Kier alpha value is -2.41. The molecule has 0 aliphatic carbocycles. The fourth-order valence-electron chi connectivity index (χ4n) is 1.80. The summed E-state index contributed by atoms with van der Waals surface area (Å²) in [6.07, 6.45) is -1.82. The van der Waals surface area contributed by atoms with Gasteiger partial charge in [-0.1, -0.05) is 30.3 Å². The van der Waals surface area contributed by atoms with E-state index < -0.39 is 29.3 Å². The predicted molar refractivity (Wildman–Crippen MR) is 74.3 cm³/mol. The number of rotatable bonds is 7. The summed E-state index contributed by atoms with van der Waals surface area (Å²) in [6, 6.07) is 8.37. The van der Waals surface area contributed by atoms with Crippen LogP contribution in [0.15, 0.2) is 30.3 Å². The van der Waals surface area contributed by atoms with Crippen molar-refractivity contribution in [2.24, 2.45) is 5.73 Å². The molecule has 0 bridgehead atoms. The summed E-state index contributed by atoms with van der Waals surface area (Å²) in [6.45, 7) is 1.09. The molecule has 0 heterocycles. The van der Waals surface area contributed by atoms with Gasteiger partial charge in [-0.25, -0.2) is 0 Å². The van der Waals surface area contributed by atoms with Gasteiger partial charge in [-0.05, 0) is 12.5 Å².